The number of allylic oxidation sites excluding steroid dienone is 1. The molecule has 0 saturated heterocycles. The fourth-order valence-corrected chi connectivity index (χ4v) is 1.91. The largest absolute Gasteiger partial charge is 0.336 e. The van der Waals surface area contributed by atoms with Gasteiger partial charge in [-0.15, -0.1) is 16.2 Å². The molecule has 1 aromatic heterocycles. The minimum atomic E-state index is -1.02. The van der Waals surface area contributed by atoms with Crippen molar-refractivity contribution in [2.75, 3.05) is 12.1 Å². The van der Waals surface area contributed by atoms with Crippen LogP contribution in [0.5, 0.6) is 0 Å². The third-order valence-corrected chi connectivity index (χ3v) is 3.01. The molecule has 0 atom stereocenters. The van der Waals surface area contributed by atoms with Gasteiger partial charge in [-0.1, -0.05) is 0 Å². The highest BCUT2D eigenvalue weighted by Gasteiger charge is 2.11. The second kappa shape index (κ2) is 6.55. The summed E-state index contributed by atoms with van der Waals surface area (Å²) in [6, 6.07) is 3.75. The normalized spacial score (nSPS) is 11.6. The van der Waals surface area contributed by atoms with E-state index in [9.17, 15) is 14.5 Å². The van der Waals surface area contributed by atoms with E-state index in [1.165, 1.54) is 16.3 Å². The molecule has 0 aromatic carbocycles. The summed E-state index contributed by atoms with van der Waals surface area (Å²) in [6.45, 7) is 1.94. The highest BCUT2D eigenvalue weighted by atomic mass is 32.1. The van der Waals surface area contributed by atoms with Crippen molar-refractivity contribution in [3.05, 3.63) is 34.1 Å². The number of anilines is 1. The number of carbonyl (C=O) groups is 2. The van der Waals surface area contributed by atoms with Crippen LogP contribution in [0.3, 0.4) is 0 Å². The summed E-state index contributed by atoms with van der Waals surface area (Å²) < 4.78 is 0. The van der Waals surface area contributed by atoms with Gasteiger partial charge in [0.05, 0.1) is 0 Å². The number of aryl methyl sites for hydroxylation is 1. The van der Waals surface area contributed by atoms with Gasteiger partial charge in [-0.2, -0.15) is 5.10 Å². The third-order valence-electron chi connectivity index (χ3n) is 1.94. The molecule has 94 valence electrons. The van der Waals surface area contributed by atoms with E-state index in [2.05, 4.69) is 10.3 Å². The lowest BCUT2D eigenvalue weighted by atomic mass is 10.3. The Morgan fingerprint density at radius 2 is 2.17 bits per heavy atom. The number of hydrazone groups is 1. The summed E-state index contributed by atoms with van der Waals surface area (Å²) in [6.07, 6.45) is 2.71. The van der Waals surface area contributed by atoms with Gasteiger partial charge >= 0.3 is 5.91 Å². The molecule has 0 N–H and O–H groups in total. The van der Waals surface area contributed by atoms with Gasteiger partial charge in [-0.25, -0.2) is 0 Å². The molecule has 0 fully saturated rings. The SMILES string of the molecule is Cc1ccc(N(C)/N=C(\C=C/C=O)C(=O)N=O)s1. The molecule has 0 saturated carbocycles. The van der Waals surface area contributed by atoms with Gasteiger partial charge in [0, 0.05) is 17.1 Å². The Kier molecular flexibility index (Phi) is 5.06. The van der Waals surface area contributed by atoms with Crippen molar-refractivity contribution in [3.8, 4) is 0 Å². The van der Waals surface area contributed by atoms with E-state index in [-0.39, 0.29) is 5.71 Å². The number of hydrogen-bond donors (Lipinski definition) is 0. The van der Waals surface area contributed by atoms with Crippen LogP contribution in [0.4, 0.5) is 5.00 Å². The molecule has 0 bridgehead atoms. The molecule has 0 unspecified atom stereocenters. The van der Waals surface area contributed by atoms with Crippen LogP contribution in [0.2, 0.25) is 0 Å². The van der Waals surface area contributed by atoms with Crippen molar-refractivity contribution in [3.63, 3.8) is 0 Å². The van der Waals surface area contributed by atoms with E-state index in [4.69, 9.17) is 0 Å². The lowest BCUT2D eigenvalue weighted by molar-refractivity contribution is -0.111. The summed E-state index contributed by atoms with van der Waals surface area (Å²) in [4.78, 5) is 32.7. The van der Waals surface area contributed by atoms with Crippen molar-refractivity contribution in [1.82, 2.24) is 0 Å². The molecule has 0 aliphatic rings. The molecule has 6 nitrogen and oxygen atoms in total. The Morgan fingerprint density at radius 1 is 1.44 bits per heavy atom. The van der Waals surface area contributed by atoms with Gasteiger partial charge in [-0.3, -0.25) is 14.6 Å². The predicted molar refractivity (Wildman–Crippen MR) is 70.9 cm³/mol. The highest BCUT2D eigenvalue weighted by molar-refractivity contribution is 7.16. The molecular formula is C11H11N3O3S. The number of carbonyl (C=O) groups excluding carboxylic acids is 2. The van der Waals surface area contributed by atoms with E-state index < -0.39 is 5.91 Å². The fourth-order valence-electron chi connectivity index (χ4n) is 1.13. The van der Waals surface area contributed by atoms with Crippen LogP contribution in [0.1, 0.15) is 4.88 Å². The maximum Gasteiger partial charge on any atom is 0.336 e. The summed E-state index contributed by atoms with van der Waals surface area (Å²) >= 11 is 1.49. The monoisotopic (exact) mass is 265 g/mol. The Hall–Kier alpha value is -2.15. The van der Waals surface area contributed by atoms with E-state index in [0.717, 1.165) is 22.0 Å². The number of thiophene rings is 1. The van der Waals surface area contributed by atoms with Gasteiger partial charge in [0.1, 0.15) is 11.3 Å². The number of hydrogen-bond acceptors (Lipinski definition) is 6. The molecule has 18 heavy (non-hydrogen) atoms. The molecule has 0 radical (unpaired) electrons. The molecule has 1 aromatic rings. The molecule has 1 rings (SSSR count). The first kappa shape index (κ1) is 13.9. The zero-order chi connectivity index (χ0) is 13.5. The standard InChI is InChI=1S/C11H11N3O3S/c1-8-5-6-10(18-8)14(2)12-9(4-3-7-15)11(16)13-17/h3-7H,1-2H3/b4-3-,12-9+. The molecule has 7 heteroatoms. The van der Waals surface area contributed by atoms with E-state index in [1.807, 2.05) is 19.1 Å². The molecule has 0 aliphatic carbocycles. The van der Waals surface area contributed by atoms with Crippen LogP contribution < -0.4 is 5.01 Å². The lowest BCUT2D eigenvalue weighted by Gasteiger charge is -2.10. The number of amides is 1. The topological polar surface area (TPSA) is 79.2 Å². The first-order valence-corrected chi connectivity index (χ1v) is 5.78. The summed E-state index contributed by atoms with van der Waals surface area (Å²) in [5.41, 5.74) is -0.189. The Bertz CT molecular complexity index is 519. The maximum atomic E-state index is 11.2. The average molecular weight is 265 g/mol. The molecule has 1 heterocycles. The smallest absolute Gasteiger partial charge is 0.299 e. The van der Waals surface area contributed by atoms with E-state index in [1.54, 1.807) is 7.05 Å². The quantitative estimate of drug-likeness (QED) is 0.268. The minimum Gasteiger partial charge on any atom is -0.299 e. The van der Waals surface area contributed by atoms with Gasteiger partial charge in [0.15, 0.2) is 5.71 Å². The van der Waals surface area contributed by atoms with Crippen LogP contribution in [0.25, 0.3) is 0 Å². The zero-order valence-corrected chi connectivity index (χ0v) is 10.7. The van der Waals surface area contributed by atoms with Crippen molar-refractivity contribution in [1.29, 1.82) is 0 Å². The number of nitroso groups, excluding NO2 is 1. The molecular weight excluding hydrogens is 254 g/mol. The first-order valence-electron chi connectivity index (χ1n) is 4.96. The fraction of sp³-hybridized carbons (Fsp3) is 0.182. The van der Waals surface area contributed by atoms with Crippen molar-refractivity contribution < 1.29 is 9.59 Å². The van der Waals surface area contributed by atoms with Crippen LogP contribution in [0.15, 0.2) is 34.6 Å². The molecule has 1 amide bonds. The van der Waals surface area contributed by atoms with Crippen LogP contribution >= 0.6 is 11.3 Å². The van der Waals surface area contributed by atoms with Crippen molar-refractivity contribution in [2.24, 2.45) is 10.3 Å². The minimum absolute atomic E-state index is 0.189. The summed E-state index contributed by atoms with van der Waals surface area (Å²) in [5, 5.41) is 8.48. The van der Waals surface area contributed by atoms with E-state index >= 15 is 0 Å². The third kappa shape index (κ3) is 3.70. The maximum absolute atomic E-state index is 11.2. The predicted octanol–water partition coefficient (Wildman–Crippen LogP) is 1.90. The Labute approximate surface area is 108 Å². The number of nitrogens with zero attached hydrogens (tertiary/aromatic N) is 3. The number of rotatable bonds is 5. The number of aldehydes is 1. The summed E-state index contributed by atoms with van der Waals surface area (Å²) in [5.74, 6) is -1.02. The second-order valence-electron chi connectivity index (χ2n) is 3.28. The Morgan fingerprint density at radius 3 is 2.67 bits per heavy atom. The lowest BCUT2D eigenvalue weighted by Crippen LogP contribution is -2.16. The van der Waals surface area contributed by atoms with Gasteiger partial charge < -0.3 is 0 Å². The van der Waals surface area contributed by atoms with Crippen molar-refractivity contribution in [2.45, 2.75) is 6.92 Å². The van der Waals surface area contributed by atoms with Crippen LogP contribution in [-0.2, 0) is 9.59 Å². The summed E-state index contributed by atoms with van der Waals surface area (Å²) in [7, 11) is 1.64. The Balaban J connectivity index is 3.00. The van der Waals surface area contributed by atoms with Gasteiger partial charge in [0.2, 0.25) is 0 Å². The molecule has 0 aliphatic heterocycles. The van der Waals surface area contributed by atoms with Crippen LogP contribution in [-0.4, -0.2) is 25.0 Å². The second-order valence-corrected chi connectivity index (χ2v) is 4.55. The zero-order valence-electron chi connectivity index (χ0n) is 9.86. The van der Waals surface area contributed by atoms with Crippen LogP contribution in [0, 0.1) is 11.8 Å². The van der Waals surface area contributed by atoms with Gasteiger partial charge in [-0.05, 0) is 31.2 Å². The van der Waals surface area contributed by atoms with Gasteiger partial charge in [0.25, 0.3) is 0 Å². The highest BCUT2D eigenvalue weighted by Crippen LogP contribution is 2.24. The van der Waals surface area contributed by atoms with E-state index in [0.29, 0.717) is 6.29 Å². The average Bonchev–Trinajstić information content (AvgIpc) is 2.80. The first-order chi connectivity index (χ1) is 8.58. The molecule has 0 spiro atoms. The van der Waals surface area contributed by atoms with Crippen molar-refractivity contribution >= 4 is 34.2 Å².